The number of carbonyl (C=O) groups is 1. The molecule has 0 saturated heterocycles. The molecule has 1 aliphatic carbocycles. The molecule has 1 saturated carbocycles. The number of furan rings is 1. The third kappa shape index (κ3) is 3.24. The van der Waals surface area contributed by atoms with Crippen molar-refractivity contribution < 1.29 is 9.21 Å². The first kappa shape index (κ1) is 13.7. The number of H-pyrrole nitrogens is 1. The van der Waals surface area contributed by atoms with Gasteiger partial charge in [0.25, 0.3) is 0 Å². The Balaban J connectivity index is 1.53. The van der Waals surface area contributed by atoms with Crippen molar-refractivity contribution >= 4 is 11.6 Å². The minimum atomic E-state index is -0.204. The molecule has 2 heterocycles. The van der Waals surface area contributed by atoms with E-state index >= 15 is 0 Å². The average Bonchev–Trinajstić information content (AvgIpc) is 3.01. The molecule has 0 radical (unpaired) electrons. The fourth-order valence-corrected chi connectivity index (χ4v) is 2.41. The molecule has 3 rings (SSSR count). The van der Waals surface area contributed by atoms with Crippen molar-refractivity contribution in [3.8, 4) is 0 Å². The second-order valence-electron chi connectivity index (χ2n) is 5.59. The van der Waals surface area contributed by atoms with Crippen molar-refractivity contribution in [2.45, 2.75) is 32.1 Å². The van der Waals surface area contributed by atoms with E-state index in [1.807, 2.05) is 12.1 Å². The number of aromatic amines is 1. The number of pyridine rings is 1. The van der Waals surface area contributed by atoms with Crippen molar-refractivity contribution in [2.75, 3.05) is 5.32 Å². The molecule has 0 aliphatic heterocycles. The highest BCUT2D eigenvalue weighted by molar-refractivity contribution is 5.90. The Hall–Kier alpha value is -2.30. The van der Waals surface area contributed by atoms with Crippen LogP contribution in [0.5, 0.6) is 0 Å². The number of amides is 1. The molecule has 2 atom stereocenters. The molecule has 1 fully saturated rings. The minimum absolute atomic E-state index is 0.190. The number of hydrogen-bond donors (Lipinski definition) is 2. The maximum Gasteiger partial charge on any atom is 0.224 e. The smallest absolute Gasteiger partial charge is 0.224 e. The van der Waals surface area contributed by atoms with E-state index in [0.717, 1.165) is 11.5 Å². The lowest BCUT2D eigenvalue weighted by Crippen LogP contribution is -2.18. The second-order valence-corrected chi connectivity index (χ2v) is 5.59. The summed E-state index contributed by atoms with van der Waals surface area (Å²) < 4.78 is 5.75. The van der Waals surface area contributed by atoms with Gasteiger partial charge in [0.2, 0.25) is 11.3 Å². The van der Waals surface area contributed by atoms with E-state index in [1.54, 1.807) is 0 Å². The molecular formula is C16H18N2O3. The number of aromatic nitrogens is 1. The topological polar surface area (TPSA) is 75.1 Å². The summed E-state index contributed by atoms with van der Waals surface area (Å²) in [6, 6.07) is 5.32. The van der Waals surface area contributed by atoms with Gasteiger partial charge in [0, 0.05) is 37.2 Å². The maximum atomic E-state index is 11.8. The first-order chi connectivity index (χ1) is 10.1. The zero-order chi connectivity index (χ0) is 14.8. The molecule has 2 aromatic heterocycles. The summed E-state index contributed by atoms with van der Waals surface area (Å²) in [4.78, 5) is 26.1. The fourth-order valence-electron chi connectivity index (χ4n) is 2.41. The molecule has 0 bridgehead atoms. The van der Waals surface area contributed by atoms with Crippen LogP contribution in [-0.2, 0) is 11.2 Å². The second kappa shape index (κ2) is 5.60. The van der Waals surface area contributed by atoms with Gasteiger partial charge in [-0.2, -0.15) is 0 Å². The third-order valence-electron chi connectivity index (χ3n) is 3.85. The summed E-state index contributed by atoms with van der Waals surface area (Å²) >= 11 is 0. The molecule has 2 aromatic rings. The van der Waals surface area contributed by atoms with E-state index in [4.69, 9.17) is 4.42 Å². The largest absolute Gasteiger partial charge is 0.466 e. The molecular weight excluding hydrogens is 268 g/mol. The summed E-state index contributed by atoms with van der Waals surface area (Å²) in [7, 11) is 0. The first-order valence-corrected chi connectivity index (χ1v) is 7.19. The highest BCUT2D eigenvalue weighted by Gasteiger charge is 2.36. The molecule has 1 aliphatic rings. The standard InChI is InChI=1S/C16H18N2O3/c1-10-8-12(10)15-4-2-11(21-15)3-5-16(20)18-13-9-17-7-6-14(13)19/h2,4,6-7,9-10,12H,3,5,8H2,1H3,(H,17,19)(H,18,20)/t10-,12+/m0/s1. The van der Waals surface area contributed by atoms with Crippen molar-refractivity contribution in [1.29, 1.82) is 0 Å². The van der Waals surface area contributed by atoms with E-state index in [-0.39, 0.29) is 17.0 Å². The quantitative estimate of drug-likeness (QED) is 0.887. The Bertz CT molecular complexity index is 701. The molecule has 21 heavy (non-hydrogen) atoms. The van der Waals surface area contributed by atoms with E-state index in [0.29, 0.717) is 24.7 Å². The van der Waals surface area contributed by atoms with E-state index in [9.17, 15) is 9.59 Å². The van der Waals surface area contributed by atoms with Gasteiger partial charge in [0.05, 0.1) is 0 Å². The Morgan fingerprint density at radius 3 is 2.95 bits per heavy atom. The number of rotatable bonds is 5. The van der Waals surface area contributed by atoms with Crippen LogP contribution in [0.1, 0.15) is 37.2 Å². The predicted molar refractivity (Wildman–Crippen MR) is 79.2 cm³/mol. The molecule has 2 N–H and O–H groups in total. The Labute approximate surface area is 122 Å². The summed E-state index contributed by atoms with van der Waals surface area (Å²) in [5.41, 5.74) is 0.0690. The van der Waals surface area contributed by atoms with Crippen molar-refractivity contribution in [2.24, 2.45) is 5.92 Å². The van der Waals surface area contributed by atoms with E-state index in [1.165, 1.54) is 24.9 Å². The predicted octanol–water partition coefficient (Wildman–Crippen LogP) is 2.66. The molecule has 0 spiro atoms. The van der Waals surface area contributed by atoms with Gasteiger partial charge in [-0.25, -0.2) is 0 Å². The first-order valence-electron chi connectivity index (χ1n) is 7.19. The van der Waals surface area contributed by atoms with Gasteiger partial charge < -0.3 is 14.7 Å². The number of anilines is 1. The van der Waals surface area contributed by atoms with Gasteiger partial charge in [-0.05, 0) is 24.5 Å². The zero-order valence-corrected chi connectivity index (χ0v) is 11.9. The SMILES string of the molecule is C[C@H]1C[C@H]1c1ccc(CCC(=O)Nc2c[nH]ccc2=O)o1. The lowest BCUT2D eigenvalue weighted by molar-refractivity contribution is -0.116. The number of aryl methyl sites for hydroxylation is 1. The molecule has 5 heteroatoms. The van der Waals surface area contributed by atoms with Crippen LogP contribution in [0.3, 0.4) is 0 Å². The maximum absolute atomic E-state index is 11.8. The Kier molecular flexibility index (Phi) is 3.64. The van der Waals surface area contributed by atoms with Crippen molar-refractivity contribution in [3.63, 3.8) is 0 Å². The molecule has 1 amide bonds. The van der Waals surface area contributed by atoms with Gasteiger partial charge in [-0.3, -0.25) is 9.59 Å². The Morgan fingerprint density at radius 1 is 1.43 bits per heavy atom. The number of hydrogen-bond acceptors (Lipinski definition) is 3. The van der Waals surface area contributed by atoms with Gasteiger partial charge >= 0.3 is 0 Å². The minimum Gasteiger partial charge on any atom is -0.466 e. The van der Waals surface area contributed by atoms with Gasteiger partial charge in [-0.1, -0.05) is 6.92 Å². The molecule has 0 aromatic carbocycles. The van der Waals surface area contributed by atoms with Crippen molar-refractivity contribution in [3.05, 3.63) is 52.3 Å². The van der Waals surface area contributed by atoms with E-state index in [2.05, 4.69) is 17.2 Å². The molecule has 0 unspecified atom stereocenters. The van der Waals surface area contributed by atoms with Crippen LogP contribution >= 0.6 is 0 Å². The Morgan fingerprint density at radius 2 is 2.24 bits per heavy atom. The molecule has 110 valence electrons. The van der Waals surface area contributed by atoms with Gasteiger partial charge in [0.15, 0.2) is 0 Å². The number of carbonyl (C=O) groups excluding carboxylic acids is 1. The van der Waals surface area contributed by atoms with Gasteiger partial charge in [-0.15, -0.1) is 0 Å². The van der Waals surface area contributed by atoms with Crippen LogP contribution in [0.15, 0.2) is 39.8 Å². The van der Waals surface area contributed by atoms with Crippen LogP contribution in [0.2, 0.25) is 0 Å². The monoisotopic (exact) mass is 286 g/mol. The van der Waals surface area contributed by atoms with Crippen LogP contribution in [0.25, 0.3) is 0 Å². The summed E-state index contributed by atoms with van der Waals surface area (Å²) in [6.45, 7) is 2.21. The molecule has 5 nitrogen and oxygen atoms in total. The zero-order valence-electron chi connectivity index (χ0n) is 11.9. The normalized spacial score (nSPS) is 20.2. The third-order valence-corrected chi connectivity index (χ3v) is 3.85. The van der Waals surface area contributed by atoms with Gasteiger partial charge in [0.1, 0.15) is 17.2 Å². The highest BCUT2D eigenvalue weighted by Crippen LogP contribution is 2.47. The lowest BCUT2D eigenvalue weighted by atomic mass is 10.2. The van der Waals surface area contributed by atoms with E-state index < -0.39 is 0 Å². The summed E-state index contributed by atoms with van der Waals surface area (Å²) in [5.74, 6) is 2.91. The van der Waals surface area contributed by atoms with Crippen LogP contribution in [0, 0.1) is 5.92 Å². The summed E-state index contributed by atoms with van der Waals surface area (Å²) in [5, 5.41) is 2.61. The average molecular weight is 286 g/mol. The van der Waals surface area contributed by atoms with Crippen LogP contribution in [0.4, 0.5) is 5.69 Å². The van der Waals surface area contributed by atoms with Crippen LogP contribution < -0.4 is 10.7 Å². The summed E-state index contributed by atoms with van der Waals surface area (Å²) in [6.07, 6.45) is 5.03. The van der Waals surface area contributed by atoms with Crippen LogP contribution in [-0.4, -0.2) is 10.9 Å². The lowest BCUT2D eigenvalue weighted by Gasteiger charge is -2.03. The fraction of sp³-hybridized carbons (Fsp3) is 0.375. The number of nitrogens with one attached hydrogen (secondary N) is 2. The highest BCUT2D eigenvalue weighted by atomic mass is 16.3. The van der Waals surface area contributed by atoms with Crippen molar-refractivity contribution in [1.82, 2.24) is 4.98 Å².